The molecule has 0 aliphatic heterocycles. The average molecular weight is 391 g/mol. The van der Waals surface area contributed by atoms with E-state index in [1.807, 2.05) is 30.3 Å². The molecular weight excluding hydrogens is 380 g/mol. The van der Waals surface area contributed by atoms with Gasteiger partial charge < -0.3 is 0 Å². The molecule has 0 fully saturated rings. The predicted octanol–water partition coefficient (Wildman–Crippen LogP) is 3.63. The topological polar surface area (TPSA) is 76.4 Å². The number of halogens is 1. The molecule has 0 saturated heterocycles. The van der Waals surface area contributed by atoms with Gasteiger partial charge in [-0.05, 0) is 41.8 Å². The molecule has 4 aromatic rings. The lowest BCUT2D eigenvalue weighted by Gasteiger charge is -2.10. The first kappa shape index (κ1) is 16.2. The zero-order valence-electron chi connectivity index (χ0n) is 12.6. The van der Waals surface area contributed by atoms with Gasteiger partial charge in [0.2, 0.25) is 5.95 Å². The van der Waals surface area contributed by atoms with E-state index in [9.17, 15) is 8.42 Å². The highest BCUT2D eigenvalue weighted by Crippen LogP contribution is 2.26. The minimum Gasteiger partial charge on any atom is -0.261 e. The highest BCUT2D eigenvalue weighted by Gasteiger charge is 2.21. The van der Waals surface area contributed by atoms with Crippen molar-refractivity contribution >= 4 is 56.8 Å². The SMILES string of the molecule is O=S(=O)(Nc1nnc2ccc3ccccc3n12)c1ccc(Cl)cc1S. The summed E-state index contributed by atoms with van der Waals surface area (Å²) in [6, 6.07) is 15.6. The summed E-state index contributed by atoms with van der Waals surface area (Å²) in [5.41, 5.74) is 1.34. The molecule has 6 nitrogen and oxygen atoms in total. The molecule has 0 radical (unpaired) electrons. The maximum absolute atomic E-state index is 12.7. The molecule has 126 valence electrons. The van der Waals surface area contributed by atoms with Gasteiger partial charge >= 0.3 is 0 Å². The fourth-order valence-corrected chi connectivity index (χ4v) is 4.48. The lowest BCUT2D eigenvalue weighted by molar-refractivity contribution is 0.599. The number of hydrogen-bond acceptors (Lipinski definition) is 5. The van der Waals surface area contributed by atoms with E-state index in [1.54, 1.807) is 10.5 Å². The molecule has 0 atom stereocenters. The van der Waals surface area contributed by atoms with Crippen LogP contribution in [0.5, 0.6) is 0 Å². The summed E-state index contributed by atoms with van der Waals surface area (Å²) in [4.78, 5) is 0.260. The Morgan fingerprint density at radius 1 is 1.04 bits per heavy atom. The van der Waals surface area contributed by atoms with Crippen molar-refractivity contribution < 1.29 is 8.42 Å². The lowest BCUT2D eigenvalue weighted by Crippen LogP contribution is -2.16. The second-order valence-electron chi connectivity index (χ2n) is 5.33. The Morgan fingerprint density at radius 3 is 2.64 bits per heavy atom. The number of pyridine rings is 1. The van der Waals surface area contributed by atoms with Gasteiger partial charge in [0, 0.05) is 9.92 Å². The van der Waals surface area contributed by atoms with Crippen LogP contribution in [-0.4, -0.2) is 23.0 Å². The minimum atomic E-state index is -3.90. The molecule has 2 heterocycles. The van der Waals surface area contributed by atoms with Gasteiger partial charge in [0.05, 0.1) is 5.52 Å². The Hall–Kier alpha value is -2.29. The summed E-state index contributed by atoms with van der Waals surface area (Å²) < 4.78 is 29.6. The van der Waals surface area contributed by atoms with Crippen LogP contribution < -0.4 is 4.72 Å². The number of benzene rings is 2. The van der Waals surface area contributed by atoms with Crippen LogP contribution in [-0.2, 0) is 10.0 Å². The molecule has 2 aromatic carbocycles. The fraction of sp³-hybridized carbons (Fsp3) is 0. The van der Waals surface area contributed by atoms with Crippen molar-refractivity contribution in [2.75, 3.05) is 4.72 Å². The number of para-hydroxylation sites is 1. The van der Waals surface area contributed by atoms with Crippen LogP contribution in [0, 0.1) is 0 Å². The Balaban J connectivity index is 1.87. The number of rotatable bonds is 3. The molecule has 1 N–H and O–H groups in total. The van der Waals surface area contributed by atoms with Gasteiger partial charge in [0.1, 0.15) is 4.90 Å². The second kappa shape index (κ2) is 5.91. The van der Waals surface area contributed by atoms with Gasteiger partial charge in [0.25, 0.3) is 10.0 Å². The normalized spacial score (nSPS) is 11.9. The van der Waals surface area contributed by atoms with Crippen LogP contribution in [0.3, 0.4) is 0 Å². The van der Waals surface area contributed by atoms with Crippen LogP contribution in [0.25, 0.3) is 16.6 Å². The molecule has 0 spiro atoms. The van der Waals surface area contributed by atoms with E-state index in [-0.39, 0.29) is 15.7 Å². The number of thiol groups is 1. The summed E-state index contributed by atoms with van der Waals surface area (Å²) in [5.74, 6) is 0.106. The first-order valence-electron chi connectivity index (χ1n) is 7.20. The number of sulfonamides is 1. The van der Waals surface area contributed by atoms with Crippen LogP contribution in [0.15, 0.2) is 64.4 Å². The first-order valence-corrected chi connectivity index (χ1v) is 9.51. The van der Waals surface area contributed by atoms with Crippen molar-refractivity contribution in [3.63, 3.8) is 0 Å². The van der Waals surface area contributed by atoms with E-state index in [2.05, 4.69) is 27.5 Å². The van der Waals surface area contributed by atoms with Gasteiger partial charge in [-0.25, -0.2) is 13.1 Å². The van der Waals surface area contributed by atoms with Gasteiger partial charge in [-0.3, -0.25) is 4.40 Å². The number of fused-ring (bicyclic) bond motifs is 3. The van der Waals surface area contributed by atoms with Crippen molar-refractivity contribution in [1.82, 2.24) is 14.6 Å². The molecule has 0 aliphatic rings. The zero-order chi connectivity index (χ0) is 17.6. The van der Waals surface area contributed by atoms with Gasteiger partial charge in [-0.2, -0.15) is 0 Å². The Bertz CT molecular complexity index is 1220. The first-order chi connectivity index (χ1) is 12.0. The van der Waals surface area contributed by atoms with Gasteiger partial charge in [0.15, 0.2) is 5.65 Å². The van der Waals surface area contributed by atoms with E-state index < -0.39 is 10.0 Å². The third-order valence-corrected chi connectivity index (χ3v) is 5.86. The molecule has 25 heavy (non-hydrogen) atoms. The van der Waals surface area contributed by atoms with E-state index in [1.165, 1.54) is 18.2 Å². The Kier molecular flexibility index (Phi) is 3.82. The van der Waals surface area contributed by atoms with Crippen LogP contribution in [0.2, 0.25) is 5.02 Å². The minimum absolute atomic E-state index is 0.0113. The third-order valence-electron chi connectivity index (χ3n) is 3.71. The monoisotopic (exact) mass is 390 g/mol. The maximum atomic E-state index is 12.7. The molecule has 0 unspecified atom stereocenters. The highest BCUT2D eigenvalue weighted by atomic mass is 35.5. The number of aromatic nitrogens is 3. The van der Waals surface area contributed by atoms with E-state index in [0.29, 0.717) is 10.7 Å². The smallest absolute Gasteiger partial charge is 0.261 e. The number of anilines is 1. The molecule has 2 aromatic heterocycles. The molecule has 0 aliphatic carbocycles. The highest BCUT2D eigenvalue weighted by molar-refractivity contribution is 7.93. The van der Waals surface area contributed by atoms with E-state index >= 15 is 0 Å². The Labute approximate surface area is 153 Å². The number of hydrogen-bond donors (Lipinski definition) is 2. The molecule has 9 heteroatoms. The van der Waals surface area contributed by atoms with Crippen molar-refractivity contribution in [2.45, 2.75) is 9.79 Å². The number of nitrogens with one attached hydrogen (secondary N) is 1. The van der Waals surface area contributed by atoms with E-state index in [4.69, 9.17) is 11.6 Å². The maximum Gasteiger partial charge on any atom is 0.265 e. The molecule has 0 saturated carbocycles. The van der Waals surface area contributed by atoms with Crippen molar-refractivity contribution in [3.05, 3.63) is 59.6 Å². The summed E-state index contributed by atoms with van der Waals surface area (Å²) in [5, 5.41) is 9.35. The molecule has 0 amide bonds. The average Bonchev–Trinajstić information content (AvgIpc) is 2.97. The van der Waals surface area contributed by atoms with Crippen molar-refractivity contribution in [1.29, 1.82) is 0 Å². The van der Waals surface area contributed by atoms with Crippen LogP contribution in [0.1, 0.15) is 0 Å². The standard InChI is InChI=1S/C16H11ClN4O2S2/c17-11-6-7-14(13(24)9-11)25(22,23)20-16-19-18-15-8-5-10-3-1-2-4-12(10)21(15)16/h1-9,24H,(H,19,20). The Morgan fingerprint density at radius 2 is 1.84 bits per heavy atom. The summed E-state index contributed by atoms with van der Waals surface area (Å²) in [6.45, 7) is 0. The fourth-order valence-electron chi connectivity index (χ4n) is 2.60. The molecule has 0 bridgehead atoms. The lowest BCUT2D eigenvalue weighted by atomic mass is 10.2. The van der Waals surface area contributed by atoms with Crippen LogP contribution >= 0.6 is 24.2 Å². The molecular formula is C16H11ClN4O2S2. The largest absolute Gasteiger partial charge is 0.265 e. The zero-order valence-corrected chi connectivity index (χ0v) is 15.1. The summed E-state index contributed by atoms with van der Waals surface area (Å²) in [7, 11) is -3.90. The second-order valence-corrected chi connectivity index (χ2v) is 7.90. The third kappa shape index (κ3) is 2.82. The molecule has 4 rings (SSSR count). The number of nitrogens with zero attached hydrogens (tertiary/aromatic N) is 3. The van der Waals surface area contributed by atoms with Gasteiger partial charge in [-0.1, -0.05) is 29.8 Å². The van der Waals surface area contributed by atoms with Crippen LogP contribution in [0.4, 0.5) is 5.95 Å². The van der Waals surface area contributed by atoms with E-state index in [0.717, 1.165) is 10.9 Å². The summed E-state index contributed by atoms with van der Waals surface area (Å²) in [6.07, 6.45) is 0. The van der Waals surface area contributed by atoms with Gasteiger partial charge in [-0.15, -0.1) is 22.8 Å². The van der Waals surface area contributed by atoms with Crippen molar-refractivity contribution in [2.24, 2.45) is 0 Å². The predicted molar refractivity (Wildman–Crippen MR) is 100 cm³/mol. The quantitative estimate of drug-likeness (QED) is 0.524. The summed E-state index contributed by atoms with van der Waals surface area (Å²) >= 11 is 10.1. The van der Waals surface area contributed by atoms with Crippen molar-refractivity contribution in [3.8, 4) is 0 Å².